The Labute approximate surface area is 85.6 Å². The van der Waals surface area contributed by atoms with Crippen LogP contribution in [0.15, 0.2) is 11.0 Å². The molecule has 0 saturated carbocycles. The topological polar surface area (TPSA) is 45.8 Å². The van der Waals surface area contributed by atoms with Crippen molar-refractivity contribution in [3.63, 3.8) is 0 Å². The normalized spacial score (nSPS) is 9.57. The molecule has 0 spiro atoms. The van der Waals surface area contributed by atoms with E-state index in [1.54, 1.807) is 6.20 Å². The summed E-state index contributed by atoms with van der Waals surface area (Å²) in [5.41, 5.74) is 1.87. The van der Waals surface area contributed by atoms with Crippen LogP contribution >= 0.6 is 0 Å². The van der Waals surface area contributed by atoms with Crippen LogP contribution in [0.1, 0.15) is 51.7 Å². The van der Waals surface area contributed by atoms with E-state index in [2.05, 4.69) is 24.0 Å². The van der Waals surface area contributed by atoms with E-state index in [-0.39, 0.29) is 5.56 Å². The summed E-state index contributed by atoms with van der Waals surface area (Å²) in [6.45, 7) is 10.1. The molecule has 1 aromatic heterocycles. The Kier molecular flexibility index (Phi) is 5.84. The summed E-state index contributed by atoms with van der Waals surface area (Å²) < 4.78 is 0. The fourth-order valence-electron chi connectivity index (χ4n) is 1.30. The minimum absolute atomic E-state index is 0.0521. The maximum absolute atomic E-state index is 11.3. The summed E-state index contributed by atoms with van der Waals surface area (Å²) in [4.78, 5) is 11.3. The average molecular weight is 196 g/mol. The summed E-state index contributed by atoms with van der Waals surface area (Å²) in [5.74, 6) is 0.370. The lowest BCUT2D eigenvalue weighted by Gasteiger charge is -2.07. The van der Waals surface area contributed by atoms with Crippen molar-refractivity contribution < 1.29 is 0 Å². The lowest BCUT2D eigenvalue weighted by Crippen LogP contribution is -2.16. The number of aromatic amines is 1. The SMILES string of the molecule is CC.CCc1c(C(C)C)cn[nH]c1=O. The lowest BCUT2D eigenvalue weighted by molar-refractivity contribution is 0.801. The van der Waals surface area contributed by atoms with Gasteiger partial charge in [0.25, 0.3) is 5.56 Å². The van der Waals surface area contributed by atoms with Crippen molar-refractivity contribution in [2.24, 2.45) is 0 Å². The van der Waals surface area contributed by atoms with Crippen LogP contribution in [0.5, 0.6) is 0 Å². The second kappa shape index (κ2) is 6.35. The van der Waals surface area contributed by atoms with E-state index in [0.29, 0.717) is 5.92 Å². The van der Waals surface area contributed by atoms with Crippen molar-refractivity contribution in [3.8, 4) is 0 Å². The van der Waals surface area contributed by atoms with Crippen LogP contribution in [-0.2, 0) is 6.42 Å². The molecule has 0 aliphatic carbocycles. The van der Waals surface area contributed by atoms with Crippen LogP contribution in [0.2, 0.25) is 0 Å². The molecule has 1 rings (SSSR count). The van der Waals surface area contributed by atoms with Gasteiger partial charge in [0, 0.05) is 5.56 Å². The molecule has 80 valence electrons. The number of nitrogens with zero attached hydrogens (tertiary/aromatic N) is 1. The molecule has 14 heavy (non-hydrogen) atoms. The third kappa shape index (κ3) is 2.98. The molecular weight excluding hydrogens is 176 g/mol. The fraction of sp³-hybridized carbons (Fsp3) is 0.636. The van der Waals surface area contributed by atoms with Crippen LogP contribution in [0, 0.1) is 0 Å². The highest BCUT2D eigenvalue weighted by Crippen LogP contribution is 2.14. The number of aromatic nitrogens is 2. The predicted molar refractivity (Wildman–Crippen MR) is 59.7 cm³/mol. The van der Waals surface area contributed by atoms with Crippen LogP contribution in [0.25, 0.3) is 0 Å². The Hall–Kier alpha value is -1.12. The zero-order valence-electron chi connectivity index (χ0n) is 9.72. The molecule has 0 radical (unpaired) electrons. The Bertz CT molecular complexity index is 315. The maximum Gasteiger partial charge on any atom is 0.267 e. The lowest BCUT2D eigenvalue weighted by atomic mass is 9.99. The minimum atomic E-state index is -0.0521. The number of rotatable bonds is 2. The predicted octanol–water partition coefficient (Wildman–Crippen LogP) is 2.48. The molecular formula is C11H20N2O. The molecule has 0 aliphatic rings. The van der Waals surface area contributed by atoms with E-state index in [9.17, 15) is 4.79 Å². The quantitative estimate of drug-likeness (QED) is 0.789. The van der Waals surface area contributed by atoms with Crippen molar-refractivity contribution in [1.29, 1.82) is 0 Å². The van der Waals surface area contributed by atoms with Crippen LogP contribution < -0.4 is 5.56 Å². The van der Waals surface area contributed by atoms with Gasteiger partial charge in [-0.2, -0.15) is 5.10 Å². The summed E-state index contributed by atoms with van der Waals surface area (Å²) in [5, 5.41) is 6.22. The van der Waals surface area contributed by atoms with Gasteiger partial charge in [-0.05, 0) is 17.9 Å². The largest absolute Gasteiger partial charge is 0.268 e. The number of nitrogens with one attached hydrogen (secondary N) is 1. The Morgan fingerprint density at radius 1 is 1.43 bits per heavy atom. The standard InChI is InChI=1S/C9H14N2O.C2H6/c1-4-7-8(6(2)3)5-10-11-9(7)12;1-2/h5-6H,4H2,1-3H3,(H,11,12);1-2H3. The molecule has 0 aromatic carbocycles. The van der Waals surface area contributed by atoms with Crippen LogP contribution in [-0.4, -0.2) is 10.2 Å². The summed E-state index contributed by atoms with van der Waals surface area (Å²) in [6, 6.07) is 0. The van der Waals surface area contributed by atoms with E-state index in [4.69, 9.17) is 0 Å². The zero-order chi connectivity index (χ0) is 11.1. The van der Waals surface area contributed by atoms with Crippen molar-refractivity contribution in [3.05, 3.63) is 27.7 Å². The molecule has 0 atom stereocenters. The van der Waals surface area contributed by atoms with Gasteiger partial charge in [0.1, 0.15) is 0 Å². The van der Waals surface area contributed by atoms with Gasteiger partial charge in [-0.3, -0.25) is 4.79 Å². The summed E-state index contributed by atoms with van der Waals surface area (Å²) >= 11 is 0. The highest BCUT2D eigenvalue weighted by atomic mass is 16.1. The molecule has 1 aromatic rings. The first-order valence-corrected chi connectivity index (χ1v) is 5.23. The van der Waals surface area contributed by atoms with Gasteiger partial charge in [-0.1, -0.05) is 34.6 Å². The first-order valence-electron chi connectivity index (χ1n) is 5.23. The second-order valence-corrected chi connectivity index (χ2v) is 3.14. The number of hydrogen-bond donors (Lipinski definition) is 1. The molecule has 0 amide bonds. The van der Waals surface area contributed by atoms with E-state index >= 15 is 0 Å². The monoisotopic (exact) mass is 196 g/mol. The van der Waals surface area contributed by atoms with Crippen molar-refractivity contribution in [2.45, 2.75) is 47.0 Å². The Morgan fingerprint density at radius 3 is 2.36 bits per heavy atom. The molecule has 0 unspecified atom stereocenters. The first-order chi connectivity index (χ1) is 6.66. The third-order valence-corrected chi connectivity index (χ3v) is 1.97. The van der Waals surface area contributed by atoms with Gasteiger partial charge in [0.05, 0.1) is 6.20 Å². The highest BCUT2D eigenvalue weighted by molar-refractivity contribution is 5.23. The molecule has 1 N–H and O–H groups in total. The average Bonchev–Trinajstić information content (AvgIpc) is 2.20. The molecule has 0 saturated heterocycles. The third-order valence-electron chi connectivity index (χ3n) is 1.97. The van der Waals surface area contributed by atoms with Gasteiger partial charge in [-0.25, -0.2) is 5.10 Å². The molecule has 3 heteroatoms. The fourth-order valence-corrected chi connectivity index (χ4v) is 1.30. The van der Waals surface area contributed by atoms with E-state index in [0.717, 1.165) is 17.5 Å². The van der Waals surface area contributed by atoms with Crippen LogP contribution in [0.4, 0.5) is 0 Å². The number of H-pyrrole nitrogens is 1. The molecule has 0 fully saturated rings. The molecule has 0 aliphatic heterocycles. The Balaban J connectivity index is 0.000000791. The van der Waals surface area contributed by atoms with Gasteiger partial charge in [0.15, 0.2) is 0 Å². The van der Waals surface area contributed by atoms with E-state index < -0.39 is 0 Å². The van der Waals surface area contributed by atoms with Crippen molar-refractivity contribution >= 4 is 0 Å². The van der Waals surface area contributed by atoms with Gasteiger partial charge in [0.2, 0.25) is 0 Å². The Morgan fingerprint density at radius 2 is 2.00 bits per heavy atom. The smallest absolute Gasteiger partial charge is 0.267 e. The van der Waals surface area contributed by atoms with E-state index in [1.807, 2.05) is 20.8 Å². The molecule has 1 heterocycles. The van der Waals surface area contributed by atoms with Gasteiger partial charge >= 0.3 is 0 Å². The second-order valence-electron chi connectivity index (χ2n) is 3.14. The highest BCUT2D eigenvalue weighted by Gasteiger charge is 2.08. The van der Waals surface area contributed by atoms with E-state index in [1.165, 1.54) is 0 Å². The van der Waals surface area contributed by atoms with Crippen molar-refractivity contribution in [1.82, 2.24) is 10.2 Å². The van der Waals surface area contributed by atoms with Gasteiger partial charge in [-0.15, -0.1) is 0 Å². The van der Waals surface area contributed by atoms with Crippen molar-refractivity contribution in [2.75, 3.05) is 0 Å². The minimum Gasteiger partial charge on any atom is -0.268 e. The summed E-state index contributed by atoms with van der Waals surface area (Å²) in [6.07, 6.45) is 2.51. The van der Waals surface area contributed by atoms with Crippen LogP contribution in [0.3, 0.4) is 0 Å². The molecule has 3 nitrogen and oxygen atoms in total. The summed E-state index contributed by atoms with van der Waals surface area (Å²) in [7, 11) is 0. The zero-order valence-corrected chi connectivity index (χ0v) is 9.72. The molecule has 0 bridgehead atoms. The first kappa shape index (κ1) is 12.9. The number of hydrogen-bond acceptors (Lipinski definition) is 2. The maximum atomic E-state index is 11.3. The van der Waals surface area contributed by atoms with Gasteiger partial charge < -0.3 is 0 Å².